The van der Waals surface area contributed by atoms with E-state index in [1.54, 1.807) is 23.0 Å². The average molecular weight is 502 g/mol. The monoisotopic (exact) mass is 501 g/mol. The molecule has 0 unspecified atom stereocenters. The molecule has 2 aliphatic heterocycles. The van der Waals surface area contributed by atoms with Gasteiger partial charge < -0.3 is 10.1 Å². The number of hydrogen-bond donors (Lipinski definition) is 3. The van der Waals surface area contributed by atoms with Gasteiger partial charge in [0.15, 0.2) is 4.75 Å². The number of rotatable bonds is 10. The first kappa shape index (κ1) is 25.8. The Kier molecular flexibility index (Phi) is 8.99. The van der Waals surface area contributed by atoms with Gasteiger partial charge in [-0.3, -0.25) is 19.6 Å². The number of carbonyl (C=O) groups excluding carboxylic acids is 3. The van der Waals surface area contributed by atoms with Crippen LogP contribution in [-0.4, -0.2) is 73.1 Å². The van der Waals surface area contributed by atoms with Gasteiger partial charge in [-0.25, -0.2) is 18.2 Å². The third-order valence-corrected chi connectivity index (χ3v) is 9.99. The lowest BCUT2D eigenvalue weighted by Crippen LogP contribution is -2.60. The Bertz CT molecular complexity index is 920. The van der Waals surface area contributed by atoms with Crippen LogP contribution in [-0.2, 0) is 24.3 Å². The van der Waals surface area contributed by atoms with Crippen LogP contribution in [0.1, 0.15) is 54.6 Å². The van der Waals surface area contributed by atoms with Crippen molar-refractivity contribution in [2.24, 2.45) is 5.92 Å². The summed E-state index contributed by atoms with van der Waals surface area (Å²) in [4.78, 5) is 36.6. The lowest BCUT2D eigenvalue weighted by atomic mass is 9.92. The summed E-state index contributed by atoms with van der Waals surface area (Å²) in [7, 11) is -3.94. The molecule has 2 saturated heterocycles. The quantitative estimate of drug-likeness (QED) is 0.144. The minimum atomic E-state index is -3.94. The van der Waals surface area contributed by atoms with Gasteiger partial charge in [-0.15, -0.1) is 11.3 Å². The summed E-state index contributed by atoms with van der Waals surface area (Å²) in [6, 6.07) is 3.35. The maximum Gasteiger partial charge on any atom is 0.293 e. The molecule has 1 aromatic heterocycles. The largest absolute Gasteiger partial charge is 0.381 e. The van der Waals surface area contributed by atoms with Gasteiger partial charge in [0.1, 0.15) is 0 Å². The zero-order valence-electron chi connectivity index (χ0n) is 18.5. The van der Waals surface area contributed by atoms with Crippen LogP contribution in [0.2, 0.25) is 0 Å². The van der Waals surface area contributed by atoms with Crippen molar-refractivity contribution >= 4 is 39.0 Å². The van der Waals surface area contributed by atoms with E-state index in [0.29, 0.717) is 43.3 Å². The van der Waals surface area contributed by atoms with Crippen molar-refractivity contribution in [2.45, 2.75) is 49.7 Å². The van der Waals surface area contributed by atoms with Crippen molar-refractivity contribution in [3.05, 3.63) is 22.4 Å². The average Bonchev–Trinajstić information content (AvgIpc) is 3.38. The van der Waals surface area contributed by atoms with Crippen LogP contribution >= 0.6 is 11.3 Å². The Morgan fingerprint density at radius 3 is 2.48 bits per heavy atom. The summed E-state index contributed by atoms with van der Waals surface area (Å²) < 4.78 is 31.5. The SMILES string of the molecule is O=C(NCCCCC1CCN(S(=O)(=O)C2(C(=O)NO)CCOCC2)CC1)C(=O)c1cccs1. The molecule has 184 valence electrons. The molecule has 1 aromatic rings. The number of hydroxylamine groups is 1. The molecule has 0 saturated carbocycles. The number of hydrogen-bond acceptors (Lipinski definition) is 8. The van der Waals surface area contributed by atoms with Crippen molar-refractivity contribution < 1.29 is 32.7 Å². The number of ketones is 1. The molecule has 0 atom stereocenters. The molecule has 10 nitrogen and oxygen atoms in total. The summed E-state index contributed by atoms with van der Waals surface area (Å²) in [6.45, 7) is 1.39. The summed E-state index contributed by atoms with van der Waals surface area (Å²) >= 11 is 1.24. The van der Waals surface area contributed by atoms with E-state index in [-0.39, 0.29) is 26.1 Å². The van der Waals surface area contributed by atoms with Gasteiger partial charge in [-0.05, 0) is 36.6 Å². The third kappa shape index (κ3) is 5.80. The van der Waals surface area contributed by atoms with Crippen LogP contribution in [0.3, 0.4) is 0 Å². The highest BCUT2D eigenvalue weighted by atomic mass is 32.2. The van der Waals surface area contributed by atoms with E-state index in [9.17, 15) is 22.8 Å². The summed E-state index contributed by atoms with van der Waals surface area (Å²) in [5.74, 6) is -1.65. The Balaban J connectivity index is 1.41. The van der Waals surface area contributed by atoms with Gasteiger partial charge in [0.05, 0.1) is 4.88 Å². The van der Waals surface area contributed by atoms with Crippen molar-refractivity contribution in [1.82, 2.24) is 15.1 Å². The minimum Gasteiger partial charge on any atom is -0.381 e. The van der Waals surface area contributed by atoms with Gasteiger partial charge in [0.2, 0.25) is 10.0 Å². The highest BCUT2D eigenvalue weighted by molar-refractivity contribution is 7.91. The first-order chi connectivity index (χ1) is 15.8. The molecule has 0 aliphatic carbocycles. The fraction of sp³-hybridized carbons (Fsp3) is 0.667. The van der Waals surface area contributed by atoms with Crippen molar-refractivity contribution in [3.8, 4) is 0 Å². The maximum atomic E-state index is 13.3. The number of ether oxygens (including phenoxy) is 1. The normalized spacial score (nSPS) is 19.7. The fourth-order valence-corrected chi connectivity index (χ4v) is 7.26. The van der Waals surface area contributed by atoms with Crippen LogP contribution in [0.4, 0.5) is 0 Å². The second-order valence-electron chi connectivity index (χ2n) is 8.45. The molecule has 0 radical (unpaired) electrons. The predicted molar refractivity (Wildman–Crippen MR) is 121 cm³/mol. The third-order valence-electron chi connectivity index (χ3n) is 6.50. The molecule has 2 fully saturated rings. The number of piperidine rings is 1. The van der Waals surface area contributed by atoms with Crippen LogP contribution in [0.25, 0.3) is 0 Å². The Morgan fingerprint density at radius 1 is 1.18 bits per heavy atom. The predicted octanol–water partition coefficient (Wildman–Crippen LogP) is 1.31. The molecule has 2 aliphatic rings. The van der Waals surface area contributed by atoms with Crippen LogP contribution in [0.5, 0.6) is 0 Å². The van der Waals surface area contributed by atoms with Gasteiger partial charge in [0, 0.05) is 45.7 Å². The minimum absolute atomic E-state index is 0.0162. The van der Waals surface area contributed by atoms with E-state index < -0.39 is 32.4 Å². The molecule has 0 spiro atoms. The van der Waals surface area contributed by atoms with Gasteiger partial charge >= 0.3 is 0 Å². The highest BCUT2D eigenvalue weighted by Crippen LogP contribution is 2.35. The zero-order chi connectivity index (χ0) is 23.9. The fourth-order valence-electron chi connectivity index (χ4n) is 4.45. The summed E-state index contributed by atoms with van der Waals surface area (Å²) in [5, 5.41) is 13.5. The standard InChI is InChI=1S/C21H31N3O7S2/c25-18(17-5-3-15-32-17)19(26)22-10-2-1-4-16-6-11-24(12-7-16)33(29,30)21(20(27)23-28)8-13-31-14-9-21/h3,5,15-16,28H,1-2,4,6-14H2,(H,22,26)(H,23,27). The first-order valence-corrected chi connectivity index (χ1v) is 13.5. The zero-order valence-corrected chi connectivity index (χ0v) is 20.1. The van der Waals surface area contributed by atoms with Crippen LogP contribution < -0.4 is 10.8 Å². The van der Waals surface area contributed by atoms with E-state index in [4.69, 9.17) is 9.94 Å². The molecule has 0 bridgehead atoms. The summed E-state index contributed by atoms with van der Waals surface area (Å²) in [5.41, 5.74) is 1.54. The lowest BCUT2D eigenvalue weighted by Gasteiger charge is -2.40. The number of thiophene rings is 1. The van der Waals surface area contributed by atoms with E-state index in [1.165, 1.54) is 15.6 Å². The second-order valence-corrected chi connectivity index (χ2v) is 11.6. The lowest BCUT2D eigenvalue weighted by molar-refractivity contribution is -0.134. The van der Waals surface area contributed by atoms with E-state index >= 15 is 0 Å². The van der Waals surface area contributed by atoms with E-state index in [2.05, 4.69) is 5.32 Å². The molecule has 3 heterocycles. The number of nitrogens with zero attached hydrogens (tertiary/aromatic N) is 1. The topological polar surface area (TPSA) is 142 Å². The number of Topliss-reactive ketones (excluding diaryl/α,β-unsaturated/α-hetero) is 1. The highest BCUT2D eigenvalue weighted by Gasteiger charge is 2.54. The molecule has 12 heteroatoms. The number of sulfonamides is 1. The molecule has 3 N–H and O–H groups in total. The van der Waals surface area contributed by atoms with Crippen molar-refractivity contribution in [3.63, 3.8) is 0 Å². The number of unbranched alkanes of at least 4 members (excludes halogenated alkanes) is 1. The van der Waals surface area contributed by atoms with Crippen LogP contribution in [0, 0.1) is 5.92 Å². The first-order valence-electron chi connectivity index (χ1n) is 11.2. The van der Waals surface area contributed by atoms with Gasteiger partial charge in [0.25, 0.3) is 17.6 Å². The smallest absolute Gasteiger partial charge is 0.293 e. The Labute approximate surface area is 197 Å². The number of carbonyl (C=O) groups is 3. The van der Waals surface area contributed by atoms with E-state index in [1.807, 2.05) is 0 Å². The molecule has 3 rings (SSSR count). The van der Waals surface area contributed by atoms with Gasteiger partial charge in [-0.2, -0.15) is 0 Å². The maximum absolute atomic E-state index is 13.3. The Hall–Kier alpha value is -1.86. The molecular formula is C21H31N3O7S2. The van der Waals surface area contributed by atoms with Crippen LogP contribution in [0.15, 0.2) is 17.5 Å². The van der Waals surface area contributed by atoms with Crippen molar-refractivity contribution in [2.75, 3.05) is 32.8 Å². The second kappa shape index (κ2) is 11.5. The number of amides is 2. The van der Waals surface area contributed by atoms with Gasteiger partial charge in [-0.1, -0.05) is 18.9 Å². The Morgan fingerprint density at radius 2 is 1.88 bits per heavy atom. The number of nitrogens with one attached hydrogen (secondary N) is 2. The molecule has 0 aromatic carbocycles. The van der Waals surface area contributed by atoms with E-state index in [0.717, 1.165) is 19.3 Å². The molecule has 33 heavy (non-hydrogen) atoms. The summed E-state index contributed by atoms with van der Waals surface area (Å²) in [6.07, 6.45) is 3.91. The molecule has 2 amide bonds. The van der Waals surface area contributed by atoms with Crippen molar-refractivity contribution in [1.29, 1.82) is 0 Å². The molecular weight excluding hydrogens is 470 g/mol.